The Kier molecular flexibility index (Phi) is 8.96. The van der Waals surface area contributed by atoms with Gasteiger partial charge in [-0.2, -0.15) is 0 Å². The van der Waals surface area contributed by atoms with E-state index in [-0.39, 0.29) is 57.3 Å². The number of carbonyl (C=O) groups excluding carboxylic acids is 2. The van der Waals surface area contributed by atoms with Gasteiger partial charge in [0.1, 0.15) is 0 Å². The number of nitrogens with zero attached hydrogens (tertiary/aromatic N) is 1. The SMILES string of the molecule is CNC(=O)/C(C)=C\N(C=O)C1C=CC(C[O-])O1.[K+]. The molecule has 0 spiro atoms. The maximum atomic E-state index is 11.3. The zero-order chi connectivity index (χ0) is 12.8. The van der Waals surface area contributed by atoms with Crippen molar-refractivity contribution in [3.63, 3.8) is 0 Å². The van der Waals surface area contributed by atoms with Crippen molar-refractivity contribution in [2.24, 2.45) is 0 Å². The van der Waals surface area contributed by atoms with Crippen LogP contribution in [0.2, 0.25) is 0 Å². The summed E-state index contributed by atoms with van der Waals surface area (Å²) in [7, 11) is 1.50. The molecule has 1 heterocycles. The molecule has 0 fully saturated rings. The molecule has 0 radical (unpaired) electrons. The van der Waals surface area contributed by atoms with Gasteiger partial charge in [-0.3, -0.25) is 14.5 Å². The number of carbonyl (C=O) groups is 2. The first-order valence-corrected chi connectivity index (χ1v) is 5.17. The standard InChI is InChI=1S/C11H15N2O4.K/c1-8(11(16)12-2)5-13(7-15)10-4-3-9(6-14)17-10;/h3-5,7,9-10H,6H2,1-2H3,(H,12,16);/q-1;+1/b8-5-;. The third-order valence-corrected chi connectivity index (χ3v) is 2.31. The van der Waals surface area contributed by atoms with Crippen LogP contribution in [0.25, 0.3) is 0 Å². The minimum Gasteiger partial charge on any atom is -0.852 e. The molecular formula is C11H15KN2O4. The predicted octanol–water partition coefficient (Wildman–Crippen LogP) is -4.26. The molecule has 0 saturated heterocycles. The summed E-state index contributed by atoms with van der Waals surface area (Å²) in [6.45, 7) is 1.19. The molecule has 0 aromatic carbocycles. The number of ether oxygens (including phenoxy) is 1. The topological polar surface area (TPSA) is 81.7 Å². The molecule has 0 aromatic heterocycles. The molecule has 1 aliphatic heterocycles. The van der Waals surface area contributed by atoms with Gasteiger partial charge in [0.2, 0.25) is 12.3 Å². The smallest absolute Gasteiger partial charge is 0.852 e. The molecule has 0 saturated carbocycles. The molecule has 0 bridgehead atoms. The number of likely N-dealkylation sites (N-methyl/N-ethyl adjacent to an activating group) is 1. The molecule has 2 amide bonds. The van der Waals surface area contributed by atoms with Gasteiger partial charge in [-0.05, 0) is 13.0 Å². The summed E-state index contributed by atoms with van der Waals surface area (Å²) in [5.41, 5.74) is 0.377. The largest absolute Gasteiger partial charge is 1.00 e. The first kappa shape index (κ1) is 18.0. The van der Waals surface area contributed by atoms with Gasteiger partial charge in [0.05, 0.1) is 6.10 Å². The molecule has 94 valence electrons. The molecule has 2 unspecified atom stereocenters. The molecule has 6 nitrogen and oxygen atoms in total. The summed E-state index contributed by atoms with van der Waals surface area (Å²) < 4.78 is 5.27. The van der Waals surface area contributed by atoms with Crippen molar-refractivity contribution in [1.82, 2.24) is 10.2 Å². The van der Waals surface area contributed by atoms with E-state index in [2.05, 4.69) is 5.32 Å². The van der Waals surface area contributed by atoms with Gasteiger partial charge in [0.25, 0.3) is 0 Å². The van der Waals surface area contributed by atoms with E-state index in [1.165, 1.54) is 18.1 Å². The Labute approximate surface area is 148 Å². The van der Waals surface area contributed by atoms with Crippen molar-refractivity contribution in [1.29, 1.82) is 0 Å². The Hall–Kier alpha value is -0.0236. The quantitative estimate of drug-likeness (QED) is 0.239. The second-order valence-electron chi connectivity index (χ2n) is 3.56. The molecule has 0 aromatic rings. The fourth-order valence-corrected chi connectivity index (χ4v) is 1.40. The maximum absolute atomic E-state index is 11.3. The fraction of sp³-hybridized carbons (Fsp3) is 0.455. The molecule has 2 atom stereocenters. The van der Waals surface area contributed by atoms with Crippen molar-refractivity contribution < 1.29 is 70.8 Å². The van der Waals surface area contributed by atoms with Crippen LogP contribution in [-0.2, 0) is 14.3 Å². The summed E-state index contributed by atoms with van der Waals surface area (Å²) >= 11 is 0. The van der Waals surface area contributed by atoms with E-state index in [0.717, 1.165) is 0 Å². The van der Waals surface area contributed by atoms with Crippen molar-refractivity contribution >= 4 is 12.3 Å². The average Bonchev–Trinajstić information content (AvgIpc) is 2.83. The van der Waals surface area contributed by atoms with Crippen LogP contribution >= 0.6 is 0 Å². The van der Waals surface area contributed by atoms with Gasteiger partial charge in [-0.25, -0.2) is 0 Å². The number of hydrogen-bond donors (Lipinski definition) is 1. The predicted molar refractivity (Wildman–Crippen MR) is 58.4 cm³/mol. The third-order valence-electron chi connectivity index (χ3n) is 2.31. The summed E-state index contributed by atoms with van der Waals surface area (Å²) in [6, 6.07) is 0. The van der Waals surface area contributed by atoms with E-state index in [9.17, 15) is 14.7 Å². The van der Waals surface area contributed by atoms with Crippen LogP contribution in [0, 0.1) is 0 Å². The van der Waals surface area contributed by atoms with Gasteiger partial charge in [0, 0.05) is 18.8 Å². The molecule has 1 N–H and O–H groups in total. The summed E-state index contributed by atoms with van der Waals surface area (Å²) in [6.07, 6.45) is 4.02. The van der Waals surface area contributed by atoms with E-state index in [4.69, 9.17) is 4.74 Å². The normalized spacial score (nSPS) is 22.3. The van der Waals surface area contributed by atoms with Crippen LogP contribution in [0.3, 0.4) is 0 Å². The van der Waals surface area contributed by atoms with E-state index in [1.807, 2.05) is 0 Å². The van der Waals surface area contributed by atoms with Crippen molar-refractivity contribution in [2.45, 2.75) is 19.3 Å². The fourth-order valence-electron chi connectivity index (χ4n) is 1.40. The molecular weight excluding hydrogens is 263 g/mol. The molecule has 1 aliphatic rings. The van der Waals surface area contributed by atoms with Crippen LogP contribution in [0.1, 0.15) is 6.92 Å². The monoisotopic (exact) mass is 278 g/mol. The molecule has 7 heteroatoms. The number of amides is 2. The number of hydrogen-bond acceptors (Lipinski definition) is 4. The minimum atomic E-state index is -0.619. The minimum absolute atomic E-state index is 0. The first-order valence-electron chi connectivity index (χ1n) is 5.17. The van der Waals surface area contributed by atoms with Crippen LogP contribution in [0.15, 0.2) is 23.9 Å². The van der Waals surface area contributed by atoms with E-state index in [1.54, 1.807) is 19.1 Å². The Morgan fingerprint density at radius 3 is 2.67 bits per heavy atom. The van der Waals surface area contributed by atoms with Crippen molar-refractivity contribution in [3.8, 4) is 0 Å². The number of nitrogens with one attached hydrogen (secondary N) is 1. The Balaban J connectivity index is 0.00000289. The van der Waals surface area contributed by atoms with Crippen molar-refractivity contribution in [3.05, 3.63) is 23.9 Å². The van der Waals surface area contributed by atoms with Gasteiger partial charge < -0.3 is 15.2 Å². The van der Waals surface area contributed by atoms with Gasteiger partial charge >= 0.3 is 51.4 Å². The van der Waals surface area contributed by atoms with E-state index < -0.39 is 18.9 Å². The summed E-state index contributed by atoms with van der Waals surface area (Å²) in [4.78, 5) is 23.4. The summed E-state index contributed by atoms with van der Waals surface area (Å²) in [5.74, 6) is -0.279. The Morgan fingerprint density at radius 2 is 2.22 bits per heavy atom. The zero-order valence-corrected chi connectivity index (χ0v) is 13.9. The van der Waals surface area contributed by atoms with Gasteiger partial charge in [-0.15, -0.1) is 6.61 Å². The number of rotatable bonds is 5. The third kappa shape index (κ3) is 4.92. The molecule has 0 aliphatic carbocycles. The van der Waals surface area contributed by atoms with E-state index >= 15 is 0 Å². The summed E-state index contributed by atoms with van der Waals surface area (Å²) in [5, 5.41) is 13.0. The zero-order valence-electron chi connectivity index (χ0n) is 10.8. The van der Waals surface area contributed by atoms with E-state index in [0.29, 0.717) is 12.0 Å². The van der Waals surface area contributed by atoms with Gasteiger partial charge in [-0.1, -0.05) is 6.08 Å². The second-order valence-corrected chi connectivity index (χ2v) is 3.56. The molecule has 1 rings (SSSR count). The average molecular weight is 278 g/mol. The second kappa shape index (κ2) is 8.97. The van der Waals surface area contributed by atoms with Gasteiger partial charge in [0.15, 0.2) is 6.23 Å². The van der Waals surface area contributed by atoms with Crippen LogP contribution < -0.4 is 61.8 Å². The Morgan fingerprint density at radius 1 is 1.56 bits per heavy atom. The van der Waals surface area contributed by atoms with Crippen LogP contribution in [0.4, 0.5) is 0 Å². The molecule has 18 heavy (non-hydrogen) atoms. The van der Waals surface area contributed by atoms with Crippen LogP contribution in [-0.4, -0.2) is 43.2 Å². The first-order chi connectivity index (χ1) is 8.12. The van der Waals surface area contributed by atoms with Crippen LogP contribution in [0.5, 0.6) is 0 Å². The Bertz CT molecular complexity index is 357. The maximum Gasteiger partial charge on any atom is 1.00 e. The van der Waals surface area contributed by atoms with Crippen molar-refractivity contribution in [2.75, 3.05) is 13.7 Å².